The van der Waals surface area contributed by atoms with Crippen molar-refractivity contribution in [3.63, 3.8) is 0 Å². The Hall–Kier alpha value is -7.61. The van der Waals surface area contributed by atoms with E-state index in [2.05, 4.69) is 47.2 Å². The Morgan fingerprint density at radius 3 is 1.84 bits per heavy atom. The van der Waals surface area contributed by atoms with Crippen LogP contribution in [-0.4, -0.2) is 317 Å². The van der Waals surface area contributed by atoms with Gasteiger partial charge in [-0.25, -0.2) is 0 Å². The molecule has 0 bridgehead atoms. The minimum atomic E-state index is -2.35. The maximum absolute atomic E-state index is 15.2. The Morgan fingerprint density at radius 2 is 1.21 bits per heavy atom. The predicted octanol–water partition coefficient (Wildman–Crippen LogP) is -12.3. The zero-order valence-electron chi connectivity index (χ0n) is 51.8. The molecular formula is C58H84N12O26. The number of nitrogens with zero attached hydrogens (tertiary/aromatic N) is 3. The van der Waals surface area contributed by atoms with Crippen LogP contribution in [0.1, 0.15) is 43.7 Å². The van der Waals surface area contributed by atoms with Gasteiger partial charge in [-0.2, -0.15) is 0 Å². The number of amides is 6. The molecule has 96 heavy (non-hydrogen) atoms. The third kappa shape index (κ3) is 17.0. The highest BCUT2D eigenvalue weighted by atomic mass is 16.7. The Labute approximate surface area is 546 Å². The second-order valence-electron chi connectivity index (χ2n) is 23.8. The molecule has 6 heterocycles. The normalized spacial score (nSPS) is 36.1. The molecule has 4 saturated heterocycles. The summed E-state index contributed by atoms with van der Waals surface area (Å²) in [7, 11) is 0. The summed E-state index contributed by atoms with van der Waals surface area (Å²) in [6, 6.07) is 0.735. The molecule has 4 fully saturated rings. The minimum Gasteiger partial charge on any atom is -0.462 e. The van der Waals surface area contributed by atoms with Crippen molar-refractivity contribution in [2.24, 2.45) is 21.5 Å². The van der Waals surface area contributed by atoms with Crippen LogP contribution in [0.2, 0.25) is 0 Å². The van der Waals surface area contributed by atoms with Crippen molar-refractivity contribution < 1.29 is 128 Å². The second kappa shape index (κ2) is 33.1. The number of guanidine groups is 2. The van der Waals surface area contributed by atoms with Crippen LogP contribution in [0, 0.1) is 0 Å². The van der Waals surface area contributed by atoms with Gasteiger partial charge in [0, 0.05) is 18.8 Å². The Morgan fingerprint density at radius 1 is 0.615 bits per heavy atom. The number of carbonyl (C=O) groups excluding carboxylic acids is 7. The second-order valence-corrected chi connectivity index (χ2v) is 23.8. The first-order chi connectivity index (χ1) is 45.7. The van der Waals surface area contributed by atoms with Gasteiger partial charge in [0.25, 0.3) is 0 Å². The Bertz CT molecular complexity index is 3070. The number of aliphatic imine (C=N–C) groups is 2. The average Bonchev–Trinajstić information content (AvgIpc) is 1.22. The van der Waals surface area contributed by atoms with E-state index in [0.717, 1.165) is 4.90 Å². The standard InChI is InChI=1S/C58H84N12O26/c1-3-7-34(76)95-48-43(82)41(80)31(20-73)93-56(48)96-47-32(21-74)94-55(46(85)44(47)83)91-25-12-10-23(11-13-25)14-26-50(87)68-36(38(77)27-15-62-57(59)66-27)53(90)69-37(39(78)29-16-63-58(60)70(29)54-45(84)42(81)40(79)30(19-72)92-54)52(89)65-28(18-71)49(86)61-17-33(75)67-35(51(88)64-26)22(2)24-8-5-4-6-9-24/h4-6,8-13,22,26-32,35-48,54-56,71-74,77-85H,3,7,14-21H2,1-2H3,(H2,60,63)(H,61,86)(H,64,88)(H,65,89)(H,67,75)(H,68,87)(H,69,90)(H3,59,62,66)/t22?,26-,27?,28+,29?,30-,31-,32-,35+,36+,37-,38?,39?,40-,41-,42+,43+,44-,45+,46+,47-,48+,54+,55+,56-/m1/s1. The predicted molar refractivity (Wildman–Crippen MR) is 322 cm³/mol. The number of ether oxygens (including phenoxy) is 6. The Kier molecular flexibility index (Phi) is 25.6. The fourth-order valence-electron chi connectivity index (χ4n) is 11.7. The Balaban J connectivity index is 1.10. The van der Waals surface area contributed by atoms with Crippen molar-refractivity contribution >= 4 is 53.3 Å². The monoisotopic (exact) mass is 1360 g/mol. The summed E-state index contributed by atoms with van der Waals surface area (Å²) in [5.41, 5.74) is 12.8. The quantitative estimate of drug-likeness (QED) is 0.0547. The van der Waals surface area contributed by atoms with Gasteiger partial charge >= 0.3 is 5.97 Å². The molecule has 0 saturated carbocycles. The lowest BCUT2D eigenvalue weighted by atomic mass is 9.92. The van der Waals surface area contributed by atoms with E-state index < -0.39 is 246 Å². The molecule has 6 aliphatic heterocycles. The summed E-state index contributed by atoms with van der Waals surface area (Å²) in [4.78, 5) is 109. The lowest BCUT2D eigenvalue weighted by Gasteiger charge is -2.46. The topological polar surface area (TPSA) is 602 Å². The van der Waals surface area contributed by atoms with Crippen molar-refractivity contribution in [1.29, 1.82) is 0 Å². The number of aliphatic hydroxyl groups excluding tert-OH is 13. The molecule has 38 nitrogen and oxygen atoms in total. The number of carbonyl (C=O) groups is 7. The van der Waals surface area contributed by atoms with Crippen LogP contribution in [0.5, 0.6) is 5.75 Å². The van der Waals surface area contributed by atoms with Gasteiger partial charge in [0.2, 0.25) is 41.7 Å². The van der Waals surface area contributed by atoms with E-state index in [1.807, 2.05) is 0 Å². The molecule has 0 spiro atoms. The van der Waals surface area contributed by atoms with Gasteiger partial charge in [-0.15, -0.1) is 0 Å². The third-order valence-electron chi connectivity index (χ3n) is 17.2. The first kappa shape index (κ1) is 74.2. The first-order valence-electron chi connectivity index (χ1n) is 30.8. The van der Waals surface area contributed by atoms with E-state index in [1.54, 1.807) is 44.2 Å². The highest BCUT2D eigenvalue weighted by Gasteiger charge is 2.55. The smallest absolute Gasteiger partial charge is 0.306 e. The SMILES string of the molecule is CCCC(=O)O[C@@H]1[C@@H](O[C@H]2[C@H](O)[C@H](O)[C@@H](Oc3ccc(C[C@H]4NC(=O)[C@H](C(C)c5ccccc5)NC(=O)CNC(=O)[C@H](CO)NC(=O)[C@@H](C(O)C5CN=C(N)N5[C@H]5O[C@H](CO)[C@@H](O)[C@H](O)[C@@H]5O)NC(=O)[C@H](C(O)C5CN=C(N)N5)NC4=O)cc3)O[C@@H]2CO)O[C@H](CO)[C@@H](O)[C@@H]1O. The highest BCUT2D eigenvalue weighted by Crippen LogP contribution is 2.33. The molecule has 0 radical (unpaired) electrons. The number of nitrogens with two attached hydrogens (primary N) is 2. The molecule has 532 valence electrons. The zero-order chi connectivity index (χ0) is 70.0. The maximum Gasteiger partial charge on any atom is 0.306 e. The van der Waals surface area contributed by atoms with E-state index >= 15 is 9.59 Å². The molecule has 0 aliphatic carbocycles. The van der Waals surface area contributed by atoms with Crippen LogP contribution >= 0.6 is 0 Å². The van der Waals surface area contributed by atoms with Crippen molar-refractivity contribution in [3.8, 4) is 5.75 Å². The number of esters is 1. The van der Waals surface area contributed by atoms with E-state index in [0.29, 0.717) is 12.0 Å². The molecule has 0 aromatic heterocycles. The molecule has 2 aromatic carbocycles. The van der Waals surface area contributed by atoms with E-state index in [4.69, 9.17) is 39.9 Å². The number of benzene rings is 2. The number of hydrogen-bond acceptors (Lipinski definition) is 32. The fourth-order valence-corrected chi connectivity index (χ4v) is 11.7. The fraction of sp³-hybridized carbons (Fsp3) is 0.638. The van der Waals surface area contributed by atoms with Crippen molar-refractivity contribution in [1.82, 2.24) is 42.1 Å². The van der Waals surface area contributed by atoms with Crippen LogP contribution < -0.4 is 53.4 Å². The summed E-state index contributed by atoms with van der Waals surface area (Å²) >= 11 is 0. The van der Waals surface area contributed by atoms with Crippen LogP contribution in [-0.2, 0) is 63.7 Å². The maximum atomic E-state index is 15.2. The van der Waals surface area contributed by atoms with E-state index in [1.165, 1.54) is 24.3 Å². The molecule has 6 amide bonds. The van der Waals surface area contributed by atoms with Crippen molar-refractivity contribution in [2.75, 3.05) is 46.1 Å². The molecule has 5 unspecified atom stereocenters. The van der Waals surface area contributed by atoms with Gasteiger partial charge in [0.05, 0.1) is 58.1 Å². The third-order valence-corrected chi connectivity index (χ3v) is 17.2. The van der Waals surface area contributed by atoms with Crippen LogP contribution in [0.25, 0.3) is 0 Å². The largest absolute Gasteiger partial charge is 0.462 e. The van der Waals surface area contributed by atoms with E-state index in [9.17, 15) is 90.4 Å². The van der Waals surface area contributed by atoms with Crippen molar-refractivity contribution in [2.45, 2.75) is 186 Å². The average molecular weight is 1370 g/mol. The van der Waals surface area contributed by atoms with Crippen LogP contribution in [0.4, 0.5) is 0 Å². The van der Waals surface area contributed by atoms with Gasteiger partial charge < -0.3 is 148 Å². The summed E-state index contributed by atoms with van der Waals surface area (Å²) in [5, 5.41) is 159. The zero-order valence-corrected chi connectivity index (χ0v) is 51.8. The van der Waals surface area contributed by atoms with Crippen LogP contribution in [0.3, 0.4) is 0 Å². The number of nitrogens with one attached hydrogen (secondary N) is 7. The molecule has 24 N–H and O–H groups in total. The summed E-state index contributed by atoms with van der Waals surface area (Å²) in [6.07, 6.45) is -31.6. The van der Waals surface area contributed by atoms with Gasteiger partial charge in [-0.05, 0) is 29.7 Å². The highest BCUT2D eigenvalue weighted by molar-refractivity contribution is 5.98. The number of rotatable bonds is 20. The van der Waals surface area contributed by atoms with Gasteiger partial charge in [0.1, 0.15) is 115 Å². The molecule has 25 atom stereocenters. The number of hydrogen-bond donors (Lipinski definition) is 22. The van der Waals surface area contributed by atoms with Gasteiger partial charge in [-0.1, -0.05) is 56.3 Å². The van der Waals surface area contributed by atoms with E-state index in [-0.39, 0.29) is 30.2 Å². The molecule has 8 rings (SSSR count). The molecule has 38 heteroatoms. The van der Waals surface area contributed by atoms with Crippen molar-refractivity contribution in [3.05, 3.63) is 65.7 Å². The molecule has 2 aromatic rings. The molecular weight excluding hydrogens is 1280 g/mol. The van der Waals surface area contributed by atoms with Crippen LogP contribution in [0.15, 0.2) is 64.6 Å². The lowest BCUT2D eigenvalue weighted by molar-refractivity contribution is -0.353. The molecule has 6 aliphatic rings. The van der Waals surface area contributed by atoms with Gasteiger partial charge in [0.15, 0.2) is 30.5 Å². The van der Waals surface area contributed by atoms with Gasteiger partial charge in [-0.3, -0.25) is 43.5 Å². The minimum absolute atomic E-state index is 0.0862. The number of aliphatic hydroxyl groups is 13. The summed E-state index contributed by atoms with van der Waals surface area (Å²) < 4.78 is 34.3. The summed E-state index contributed by atoms with van der Waals surface area (Å²) in [6.45, 7) is -2.37. The summed E-state index contributed by atoms with van der Waals surface area (Å²) in [5.74, 6) is -9.88. The first-order valence-corrected chi connectivity index (χ1v) is 30.8. The lowest BCUT2D eigenvalue weighted by Crippen LogP contribution is -2.70.